The Bertz CT molecular complexity index is 411. The molecule has 1 saturated carbocycles. The van der Waals surface area contributed by atoms with Crippen molar-refractivity contribution >= 4 is 5.91 Å². The van der Waals surface area contributed by atoms with Crippen LogP contribution >= 0.6 is 0 Å². The summed E-state index contributed by atoms with van der Waals surface area (Å²) in [5.74, 6) is 3.13. The second-order valence-electron chi connectivity index (χ2n) is 5.11. The highest BCUT2D eigenvalue weighted by atomic mass is 16.3. The van der Waals surface area contributed by atoms with Crippen LogP contribution in [0.4, 0.5) is 0 Å². The van der Waals surface area contributed by atoms with Gasteiger partial charge in [-0.2, -0.15) is 0 Å². The van der Waals surface area contributed by atoms with Crippen LogP contribution in [0.5, 0.6) is 0 Å². The number of hydrogen-bond donors (Lipinski definition) is 1. The summed E-state index contributed by atoms with van der Waals surface area (Å²) in [6.45, 7) is 4.40. The van der Waals surface area contributed by atoms with E-state index in [1.807, 2.05) is 12.1 Å². The molecule has 2 N–H and O–H groups in total. The summed E-state index contributed by atoms with van der Waals surface area (Å²) in [5, 5.41) is 0. The fourth-order valence-electron chi connectivity index (χ4n) is 2.06. The maximum atomic E-state index is 11.6. The number of carbonyl (C=O) groups excluding carboxylic acids is 1. The topological polar surface area (TPSA) is 59.5 Å². The molecule has 3 atom stereocenters. The van der Waals surface area contributed by atoms with Gasteiger partial charge in [-0.25, -0.2) is 0 Å². The zero-order valence-electron chi connectivity index (χ0n) is 10.6. The van der Waals surface area contributed by atoms with Crippen LogP contribution in [0.15, 0.2) is 16.5 Å². The number of amides is 1. The predicted octanol–water partition coefficient (Wildman–Crippen LogP) is 1.71. The molecule has 4 heteroatoms. The average molecular weight is 236 g/mol. The average Bonchev–Trinajstić information content (AvgIpc) is 2.82. The normalized spacial score (nSPS) is 24.5. The number of likely N-dealkylation sites (N-methyl/N-ethyl adjacent to an activating group) is 1. The van der Waals surface area contributed by atoms with Crippen molar-refractivity contribution in [1.29, 1.82) is 0 Å². The molecule has 4 nitrogen and oxygen atoms in total. The van der Waals surface area contributed by atoms with Crippen LogP contribution in [0.25, 0.3) is 0 Å². The highest BCUT2D eigenvalue weighted by Crippen LogP contribution is 2.47. The Balaban J connectivity index is 1.95. The molecule has 17 heavy (non-hydrogen) atoms. The molecule has 1 fully saturated rings. The summed E-state index contributed by atoms with van der Waals surface area (Å²) in [7, 11) is 1.74. The van der Waals surface area contributed by atoms with Crippen molar-refractivity contribution in [3.05, 3.63) is 23.7 Å². The fourth-order valence-corrected chi connectivity index (χ4v) is 2.06. The number of furan rings is 1. The van der Waals surface area contributed by atoms with Crippen LogP contribution in [0.2, 0.25) is 0 Å². The van der Waals surface area contributed by atoms with Crippen molar-refractivity contribution in [3.63, 3.8) is 0 Å². The molecule has 2 rings (SSSR count). The van der Waals surface area contributed by atoms with Gasteiger partial charge in [-0.15, -0.1) is 0 Å². The summed E-state index contributed by atoms with van der Waals surface area (Å²) < 4.78 is 5.74. The summed E-state index contributed by atoms with van der Waals surface area (Å²) in [5.41, 5.74) is 5.55. The van der Waals surface area contributed by atoms with Crippen LogP contribution in [-0.4, -0.2) is 23.9 Å². The van der Waals surface area contributed by atoms with E-state index in [1.54, 1.807) is 18.9 Å². The van der Waals surface area contributed by atoms with Gasteiger partial charge in [0, 0.05) is 13.0 Å². The Morgan fingerprint density at radius 1 is 1.65 bits per heavy atom. The molecule has 1 amide bonds. The van der Waals surface area contributed by atoms with E-state index in [4.69, 9.17) is 10.2 Å². The smallest absolute Gasteiger partial charge is 0.239 e. The summed E-state index contributed by atoms with van der Waals surface area (Å²) in [6.07, 6.45) is 1.21. The van der Waals surface area contributed by atoms with Crippen molar-refractivity contribution < 1.29 is 9.21 Å². The lowest BCUT2D eigenvalue weighted by atomic mass is 10.3. The Morgan fingerprint density at radius 3 is 2.82 bits per heavy atom. The fraction of sp³-hybridized carbons (Fsp3) is 0.615. The first-order valence-electron chi connectivity index (χ1n) is 6.08. The number of carbonyl (C=O) groups is 1. The highest BCUT2D eigenvalue weighted by Gasteiger charge is 2.36. The van der Waals surface area contributed by atoms with E-state index >= 15 is 0 Å². The summed E-state index contributed by atoms with van der Waals surface area (Å²) in [4.78, 5) is 13.2. The van der Waals surface area contributed by atoms with E-state index in [9.17, 15) is 4.79 Å². The molecular formula is C13H20N2O2. The Hall–Kier alpha value is -1.29. The van der Waals surface area contributed by atoms with E-state index in [0.29, 0.717) is 12.5 Å². The highest BCUT2D eigenvalue weighted by molar-refractivity contribution is 5.80. The van der Waals surface area contributed by atoms with Gasteiger partial charge in [-0.05, 0) is 31.4 Å². The number of nitrogens with zero attached hydrogens (tertiary/aromatic N) is 1. The Kier molecular flexibility index (Phi) is 3.24. The molecule has 1 aliphatic carbocycles. The molecular weight excluding hydrogens is 216 g/mol. The predicted molar refractivity (Wildman–Crippen MR) is 65.4 cm³/mol. The Labute approximate surface area is 102 Å². The van der Waals surface area contributed by atoms with Crippen molar-refractivity contribution in [2.45, 2.75) is 38.8 Å². The third-order valence-corrected chi connectivity index (χ3v) is 3.32. The third kappa shape index (κ3) is 2.69. The van der Waals surface area contributed by atoms with Gasteiger partial charge in [0.25, 0.3) is 0 Å². The quantitative estimate of drug-likeness (QED) is 0.865. The maximum Gasteiger partial charge on any atom is 0.239 e. The van der Waals surface area contributed by atoms with Gasteiger partial charge in [-0.1, -0.05) is 6.92 Å². The minimum atomic E-state index is -0.460. The first-order chi connectivity index (χ1) is 7.99. The molecule has 0 radical (unpaired) electrons. The molecule has 0 saturated heterocycles. The van der Waals surface area contributed by atoms with Gasteiger partial charge < -0.3 is 15.1 Å². The molecule has 2 unspecified atom stereocenters. The minimum absolute atomic E-state index is 0.0669. The number of rotatable bonds is 4. The largest absolute Gasteiger partial charge is 0.464 e. The van der Waals surface area contributed by atoms with E-state index in [1.165, 1.54) is 6.42 Å². The van der Waals surface area contributed by atoms with E-state index in [0.717, 1.165) is 17.4 Å². The zero-order valence-corrected chi connectivity index (χ0v) is 10.6. The molecule has 0 spiro atoms. The van der Waals surface area contributed by atoms with E-state index in [2.05, 4.69) is 6.92 Å². The van der Waals surface area contributed by atoms with Gasteiger partial charge in [0.2, 0.25) is 5.91 Å². The summed E-state index contributed by atoms with van der Waals surface area (Å²) >= 11 is 0. The third-order valence-electron chi connectivity index (χ3n) is 3.32. The number of nitrogens with two attached hydrogens (primary N) is 1. The summed E-state index contributed by atoms with van der Waals surface area (Å²) in [6, 6.07) is 3.51. The van der Waals surface area contributed by atoms with Crippen LogP contribution < -0.4 is 5.73 Å². The lowest BCUT2D eigenvalue weighted by molar-refractivity contribution is -0.131. The van der Waals surface area contributed by atoms with Gasteiger partial charge in [-0.3, -0.25) is 4.79 Å². The number of hydrogen-bond acceptors (Lipinski definition) is 3. The standard InChI is InChI=1S/C13H20N2O2/c1-8-6-11(8)12-5-4-10(17-12)7-15(3)13(16)9(2)14/h4-5,8-9,11H,6-7,14H2,1-3H3/t8?,9-,11?/m1/s1. The second kappa shape index (κ2) is 4.53. The van der Waals surface area contributed by atoms with Gasteiger partial charge in [0.05, 0.1) is 12.6 Å². The van der Waals surface area contributed by atoms with Gasteiger partial charge in [0.1, 0.15) is 11.5 Å². The molecule has 1 heterocycles. The van der Waals surface area contributed by atoms with E-state index in [-0.39, 0.29) is 5.91 Å². The zero-order chi connectivity index (χ0) is 12.6. The molecule has 94 valence electrons. The molecule has 1 aliphatic rings. The molecule has 0 bridgehead atoms. The molecule has 0 aliphatic heterocycles. The molecule has 1 aromatic rings. The van der Waals surface area contributed by atoms with Crippen LogP contribution in [-0.2, 0) is 11.3 Å². The minimum Gasteiger partial charge on any atom is -0.464 e. The molecule has 0 aromatic carbocycles. The SMILES string of the molecule is CC1CC1c1ccc(CN(C)C(=O)[C@@H](C)N)o1. The van der Waals surface area contributed by atoms with Crippen LogP contribution in [0.3, 0.4) is 0 Å². The van der Waals surface area contributed by atoms with Crippen LogP contribution in [0, 0.1) is 5.92 Å². The van der Waals surface area contributed by atoms with Crippen molar-refractivity contribution in [1.82, 2.24) is 4.90 Å². The first-order valence-corrected chi connectivity index (χ1v) is 6.08. The lowest BCUT2D eigenvalue weighted by Crippen LogP contribution is -2.39. The monoisotopic (exact) mass is 236 g/mol. The van der Waals surface area contributed by atoms with Crippen molar-refractivity contribution in [2.24, 2.45) is 11.7 Å². The second-order valence-corrected chi connectivity index (χ2v) is 5.11. The van der Waals surface area contributed by atoms with Crippen LogP contribution in [0.1, 0.15) is 37.7 Å². The first kappa shape index (κ1) is 12.2. The van der Waals surface area contributed by atoms with Crippen molar-refractivity contribution in [2.75, 3.05) is 7.05 Å². The van der Waals surface area contributed by atoms with E-state index < -0.39 is 6.04 Å². The Morgan fingerprint density at radius 2 is 2.29 bits per heavy atom. The maximum absolute atomic E-state index is 11.6. The molecule has 1 aromatic heterocycles. The van der Waals surface area contributed by atoms with Gasteiger partial charge >= 0.3 is 0 Å². The van der Waals surface area contributed by atoms with Gasteiger partial charge in [0.15, 0.2) is 0 Å². The van der Waals surface area contributed by atoms with Crippen molar-refractivity contribution in [3.8, 4) is 0 Å². The lowest BCUT2D eigenvalue weighted by Gasteiger charge is -2.17.